The van der Waals surface area contributed by atoms with Crippen LogP contribution in [0.2, 0.25) is 0 Å². The number of anilines is 2. The molecule has 13 heteroatoms. The zero-order valence-corrected chi connectivity index (χ0v) is 17.6. The number of fused-ring (bicyclic) bond motifs is 1. The Morgan fingerprint density at radius 2 is 1.88 bits per heavy atom. The third-order valence-corrected chi connectivity index (χ3v) is 4.84. The second-order valence-electron chi connectivity index (χ2n) is 7.22. The molecule has 5 aromatic rings. The van der Waals surface area contributed by atoms with Gasteiger partial charge in [-0.25, -0.2) is 15.0 Å². The summed E-state index contributed by atoms with van der Waals surface area (Å²) in [5.74, 6) is 1.33. The summed E-state index contributed by atoms with van der Waals surface area (Å²) >= 11 is 0. The molecule has 0 bridgehead atoms. The Labute approximate surface area is 190 Å². The predicted octanol–water partition coefficient (Wildman–Crippen LogP) is 3.55. The van der Waals surface area contributed by atoms with Gasteiger partial charge in [0.25, 0.3) is 0 Å². The van der Waals surface area contributed by atoms with E-state index in [-0.39, 0.29) is 12.2 Å². The van der Waals surface area contributed by atoms with Crippen LogP contribution in [0, 0.1) is 0 Å². The van der Waals surface area contributed by atoms with Crippen molar-refractivity contribution in [3.05, 3.63) is 72.6 Å². The Morgan fingerprint density at radius 3 is 2.68 bits per heavy atom. The van der Waals surface area contributed by atoms with Crippen molar-refractivity contribution in [1.82, 2.24) is 39.3 Å². The highest BCUT2D eigenvalue weighted by atomic mass is 19.4. The quantitative estimate of drug-likeness (QED) is 0.404. The van der Waals surface area contributed by atoms with Gasteiger partial charge in [-0.2, -0.15) is 5.10 Å². The van der Waals surface area contributed by atoms with Gasteiger partial charge < -0.3 is 10.1 Å². The minimum Gasteiger partial charge on any atom is -0.406 e. The number of benzene rings is 1. The van der Waals surface area contributed by atoms with Gasteiger partial charge in [-0.3, -0.25) is 9.08 Å². The molecule has 172 valence electrons. The molecule has 1 aromatic carbocycles. The summed E-state index contributed by atoms with van der Waals surface area (Å²) in [7, 11) is 1.80. The van der Waals surface area contributed by atoms with E-state index in [1.165, 1.54) is 18.2 Å². The minimum atomic E-state index is -4.76. The van der Waals surface area contributed by atoms with Gasteiger partial charge in [0.2, 0.25) is 5.95 Å². The molecule has 10 nitrogen and oxygen atoms in total. The zero-order chi connectivity index (χ0) is 23.7. The number of aromatic nitrogens is 8. The zero-order valence-electron chi connectivity index (χ0n) is 17.6. The number of hydrogen-bond acceptors (Lipinski definition) is 8. The highest BCUT2D eigenvalue weighted by Gasteiger charge is 2.31. The third-order valence-electron chi connectivity index (χ3n) is 4.84. The lowest BCUT2D eigenvalue weighted by atomic mass is 10.1. The summed E-state index contributed by atoms with van der Waals surface area (Å²) in [6, 6.07) is 11.0. The van der Waals surface area contributed by atoms with Crippen molar-refractivity contribution in [1.29, 1.82) is 0 Å². The summed E-state index contributed by atoms with van der Waals surface area (Å²) in [6.45, 7) is 0. The number of halogens is 3. The number of hydrogen-bond donors (Lipinski definition) is 1. The molecule has 5 rings (SSSR count). The van der Waals surface area contributed by atoms with E-state index < -0.39 is 6.36 Å². The first-order valence-electron chi connectivity index (χ1n) is 9.97. The SMILES string of the molecule is Cn1nccc1Nc1nccc(-c2cc3nnc(Cc4cccc(OC(F)(F)F)c4)n3cn2)n1. The molecule has 4 aromatic heterocycles. The Morgan fingerprint density at radius 1 is 1.00 bits per heavy atom. The van der Waals surface area contributed by atoms with Crippen molar-refractivity contribution in [3.63, 3.8) is 0 Å². The summed E-state index contributed by atoms with van der Waals surface area (Å²) < 4.78 is 44.8. The largest absolute Gasteiger partial charge is 0.573 e. The van der Waals surface area contributed by atoms with Crippen molar-refractivity contribution in [3.8, 4) is 17.1 Å². The van der Waals surface area contributed by atoms with Crippen LogP contribution in [0.1, 0.15) is 11.4 Å². The second-order valence-corrected chi connectivity index (χ2v) is 7.22. The van der Waals surface area contributed by atoms with Gasteiger partial charge in [-0.15, -0.1) is 23.4 Å². The van der Waals surface area contributed by atoms with Crippen LogP contribution in [0.4, 0.5) is 24.9 Å². The molecular weight excluding hydrogens is 451 g/mol. The van der Waals surface area contributed by atoms with Gasteiger partial charge >= 0.3 is 6.36 Å². The molecule has 0 fully saturated rings. The van der Waals surface area contributed by atoms with Crippen molar-refractivity contribution in [2.45, 2.75) is 12.8 Å². The smallest absolute Gasteiger partial charge is 0.406 e. The molecule has 0 saturated heterocycles. The fourth-order valence-electron chi connectivity index (χ4n) is 3.31. The molecule has 0 unspecified atom stereocenters. The number of ether oxygens (including phenoxy) is 1. The summed E-state index contributed by atoms with van der Waals surface area (Å²) in [4.78, 5) is 13.2. The standard InChI is InChI=1S/C21H16F3N9O/c1-32-17(6-8-27-32)29-20-25-7-5-15(28-20)16-11-19-31-30-18(33(19)12-26-16)10-13-3-2-4-14(9-13)34-21(22,23)24/h2-9,11-12H,10H2,1H3,(H,25,28,29). The van der Waals surface area contributed by atoms with E-state index in [0.29, 0.717) is 34.4 Å². The fraction of sp³-hybridized carbons (Fsp3) is 0.143. The van der Waals surface area contributed by atoms with E-state index in [1.807, 2.05) is 0 Å². The number of alkyl halides is 3. The number of aryl methyl sites for hydroxylation is 1. The molecule has 0 atom stereocenters. The molecule has 1 N–H and O–H groups in total. The normalized spacial score (nSPS) is 11.6. The lowest BCUT2D eigenvalue weighted by Gasteiger charge is -2.09. The number of rotatable bonds is 6. The van der Waals surface area contributed by atoms with Crippen LogP contribution in [0.3, 0.4) is 0 Å². The maximum absolute atomic E-state index is 12.5. The first-order chi connectivity index (χ1) is 16.3. The summed E-state index contributed by atoms with van der Waals surface area (Å²) in [5.41, 5.74) is 2.23. The van der Waals surface area contributed by atoms with Gasteiger partial charge in [0.05, 0.1) is 17.6 Å². The average Bonchev–Trinajstić information content (AvgIpc) is 3.38. The van der Waals surface area contributed by atoms with Crippen molar-refractivity contribution in [2.75, 3.05) is 5.32 Å². The maximum atomic E-state index is 12.5. The summed E-state index contributed by atoms with van der Waals surface area (Å²) in [5, 5.41) is 15.5. The van der Waals surface area contributed by atoms with Crippen LogP contribution in [0.15, 0.2) is 61.2 Å². The Kier molecular flexibility index (Phi) is 5.28. The Balaban J connectivity index is 1.38. The van der Waals surface area contributed by atoms with Gasteiger partial charge in [0.1, 0.15) is 23.7 Å². The van der Waals surface area contributed by atoms with Crippen molar-refractivity contribution in [2.24, 2.45) is 7.05 Å². The van der Waals surface area contributed by atoms with E-state index in [4.69, 9.17) is 0 Å². The molecule has 0 spiro atoms. The molecule has 0 aliphatic rings. The highest BCUT2D eigenvalue weighted by molar-refractivity contribution is 5.61. The van der Waals surface area contributed by atoms with Crippen molar-refractivity contribution >= 4 is 17.4 Å². The lowest BCUT2D eigenvalue weighted by molar-refractivity contribution is -0.274. The first-order valence-corrected chi connectivity index (χ1v) is 9.97. The lowest BCUT2D eigenvalue weighted by Crippen LogP contribution is -2.17. The van der Waals surface area contributed by atoms with E-state index in [0.717, 1.165) is 5.82 Å². The molecule has 0 saturated carbocycles. The van der Waals surface area contributed by atoms with Crippen LogP contribution < -0.4 is 10.1 Å². The highest BCUT2D eigenvalue weighted by Crippen LogP contribution is 2.24. The minimum absolute atomic E-state index is 0.240. The van der Waals surface area contributed by atoms with E-state index >= 15 is 0 Å². The van der Waals surface area contributed by atoms with E-state index in [1.54, 1.807) is 59.1 Å². The molecule has 0 aliphatic heterocycles. The fourth-order valence-corrected chi connectivity index (χ4v) is 3.31. The van der Waals surface area contributed by atoms with Crippen LogP contribution in [0.25, 0.3) is 17.0 Å². The maximum Gasteiger partial charge on any atom is 0.573 e. The number of nitrogens with one attached hydrogen (secondary N) is 1. The van der Waals surface area contributed by atoms with Gasteiger partial charge in [-0.1, -0.05) is 12.1 Å². The number of nitrogens with zero attached hydrogens (tertiary/aromatic N) is 8. The first kappa shape index (κ1) is 21.3. The predicted molar refractivity (Wildman–Crippen MR) is 114 cm³/mol. The van der Waals surface area contributed by atoms with Crippen LogP contribution in [-0.2, 0) is 13.5 Å². The second kappa shape index (κ2) is 8.42. The van der Waals surface area contributed by atoms with E-state index in [2.05, 4.69) is 40.3 Å². The monoisotopic (exact) mass is 467 g/mol. The van der Waals surface area contributed by atoms with Crippen LogP contribution in [0.5, 0.6) is 5.75 Å². The molecule has 0 aliphatic carbocycles. The average molecular weight is 467 g/mol. The van der Waals surface area contributed by atoms with Crippen LogP contribution >= 0.6 is 0 Å². The van der Waals surface area contributed by atoms with Gasteiger partial charge in [-0.05, 0) is 23.8 Å². The van der Waals surface area contributed by atoms with Gasteiger partial charge in [0.15, 0.2) is 5.65 Å². The molecule has 0 amide bonds. The third kappa shape index (κ3) is 4.62. The van der Waals surface area contributed by atoms with E-state index in [9.17, 15) is 13.2 Å². The van der Waals surface area contributed by atoms with Gasteiger partial charge in [0, 0.05) is 31.8 Å². The topological polar surface area (TPSA) is 108 Å². The molecule has 0 radical (unpaired) electrons. The molecule has 4 heterocycles. The Hall–Kier alpha value is -4.55. The van der Waals surface area contributed by atoms with Crippen molar-refractivity contribution < 1.29 is 17.9 Å². The van der Waals surface area contributed by atoms with Crippen LogP contribution in [-0.4, -0.2) is 45.7 Å². The Bertz CT molecular complexity index is 1460. The molecular formula is C21H16F3N9O. The summed E-state index contributed by atoms with van der Waals surface area (Å²) in [6.07, 6.45) is 0.298. The molecule has 34 heavy (non-hydrogen) atoms.